The zero-order chi connectivity index (χ0) is 18.8. The Bertz CT molecular complexity index is 1000. The predicted octanol–water partition coefficient (Wildman–Crippen LogP) is 2.46. The van der Waals surface area contributed by atoms with Crippen LogP contribution in [0.25, 0.3) is 5.69 Å². The van der Waals surface area contributed by atoms with Gasteiger partial charge in [0.1, 0.15) is 0 Å². The topological polar surface area (TPSA) is 60.1 Å². The molecule has 0 fully saturated rings. The Balaban J connectivity index is 1.86. The van der Waals surface area contributed by atoms with Crippen molar-refractivity contribution >= 4 is 5.91 Å². The summed E-state index contributed by atoms with van der Waals surface area (Å²) >= 11 is 0. The average molecular weight is 350 g/mol. The Morgan fingerprint density at radius 2 is 1.85 bits per heavy atom. The zero-order valence-corrected chi connectivity index (χ0v) is 15.4. The fraction of sp³-hybridized carbons (Fsp3) is 0.250. The molecule has 6 nitrogen and oxygen atoms in total. The molecule has 0 bridgehead atoms. The highest BCUT2D eigenvalue weighted by molar-refractivity contribution is 5.93. The number of nitrogens with zero attached hydrogens (tertiary/aromatic N) is 4. The lowest BCUT2D eigenvalue weighted by atomic mass is 10.1. The lowest BCUT2D eigenvalue weighted by molar-refractivity contribution is 0.0784. The molecule has 1 amide bonds. The van der Waals surface area contributed by atoms with Gasteiger partial charge in [-0.25, -0.2) is 4.68 Å². The molecule has 0 aliphatic rings. The Hall–Kier alpha value is -3.15. The molecular formula is C20H22N4O2. The lowest BCUT2D eigenvalue weighted by Crippen LogP contribution is -2.28. The summed E-state index contributed by atoms with van der Waals surface area (Å²) in [5, 5.41) is 4.62. The number of pyridine rings is 1. The fourth-order valence-corrected chi connectivity index (χ4v) is 2.94. The van der Waals surface area contributed by atoms with E-state index in [4.69, 9.17) is 0 Å². The number of hydrogen-bond donors (Lipinski definition) is 0. The monoisotopic (exact) mass is 350 g/mol. The van der Waals surface area contributed by atoms with Gasteiger partial charge < -0.3 is 9.47 Å². The first-order chi connectivity index (χ1) is 12.4. The van der Waals surface area contributed by atoms with Crippen molar-refractivity contribution in [2.24, 2.45) is 7.05 Å². The van der Waals surface area contributed by atoms with E-state index < -0.39 is 0 Å². The van der Waals surface area contributed by atoms with E-state index >= 15 is 0 Å². The van der Waals surface area contributed by atoms with E-state index in [1.54, 1.807) is 31.3 Å². The van der Waals surface area contributed by atoms with Gasteiger partial charge in [-0.1, -0.05) is 18.2 Å². The molecule has 0 radical (unpaired) electrons. The van der Waals surface area contributed by atoms with E-state index in [-0.39, 0.29) is 11.5 Å². The van der Waals surface area contributed by atoms with Crippen LogP contribution in [0, 0.1) is 13.8 Å². The molecule has 0 unspecified atom stereocenters. The highest BCUT2D eigenvalue weighted by Gasteiger charge is 2.18. The number of rotatable bonds is 4. The standard InChI is InChI=1S/C20H22N4O2/c1-14-18(15(2)24(21-14)17-8-6-5-7-9-17)13-23(4)20(26)16-10-11-22(3)19(25)12-16/h5-12H,13H2,1-4H3. The molecule has 3 rings (SSSR count). The number of para-hydroxylation sites is 1. The SMILES string of the molecule is Cc1nn(-c2ccccc2)c(C)c1CN(C)C(=O)c1ccn(C)c(=O)c1. The van der Waals surface area contributed by atoms with E-state index in [0.29, 0.717) is 12.1 Å². The Labute approximate surface area is 152 Å². The van der Waals surface area contributed by atoms with Crippen LogP contribution >= 0.6 is 0 Å². The summed E-state index contributed by atoms with van der Waals surface area (Å²) in [5.41, 5.74) is 4.07. The van der Waals surface area contributed by atoms with Crippen LogP contribution in [-0.2, 0) is 13.6 Å². The minimum Gasteiger partial charge on any atom is -0.337 e. The van der Waals surface area contributed by atoms with Gasteiger partial charge in [0, 0.05) is 49.7 Å². The molecule has 0 N–H and O–H groups in total. The van der Waals surface area contributed by atoms with Gasteiger partial charge in [0.2, 0.25) is 0 Å². The highest BCUT2D eigenvalue weighted by Crippen LogP contribution is 2.19. The Morgan fingerprint density at radius 1 is 1.15 bits per heavy atom. The molecule has 0 aliphatic carbocycles. The van der Waals surface area contributed by atoms with E-state index in [1.165, 1.54) is 10.6 Å². The first kappa shape index (κ1) is 17.7. The molecular weight excluding hydrogens is 328 g/mol. The third kappa shape index (κ3) is 3.31. The molecule has 134 valence electrons. The summed E-state index contributed by atoms with van der Waals surface area (Å²) in [6.45, 7) is 4.37. The highest BCUT2D eigenvalue weighted by atomic mass is 16.2. The van der Waals surface area contributed by atoms with Crippen LogP contribution in [-0.4, -0.2) is 32.2 Å². The third-order valence-electron chi connectivity index (χ3n) is 4.54. The summed E-state index contributed by atoms with van der Waals surface area (Å²) in [6, 6.07) is 12.9. The van der Waals surface area contributed by atoms with Crippen LogP contribution < -0.4 is 5.56 Å². The largest absolute Gasteiger partial charge is 0.337 e. The van der Waals surface area contributed by atoms with E-state index in [9.17, 15) is 9.59 Å². The summed E-state index contributed by atoms with van der Waals surface area (Å²) in [7, 11) is 3.39. The van der Waals surface area contributed by atoms with Gasteiger partial charge in [0.05, 0.1) is 11.4 Å². The fourth-order valence-electron chi connectivity index (χ4n) is 2.94. The van der Waals surface area contributed by atoms with Crippen LogP contribution in [0.15, 0.2) is 53.5 Å². The van der Waals surface area contributed by atoms with E-state index in [1.807, 2.05) is 48.9 Å². The van der Waals surface area contributed by atoms with Gasteiger partial charge in [-0.15, -0.1) is 0 Å². The smallest absolute Gasteiger partial charge is 0.254 e. The van der Waals surface area contributed by atoms with Crippen molar-refractivity contribution in [1.82, 2.24) is 19.2 Å². The van der Waals surface area contributed by atoms with Gasteiger partial charge in [-0.2, -0.15) is 5.10 Å². The van der Waals surface area contributed by atoms with Crippen molar-refractivity contribution in [2.75, 3.05) is 7.05 Å². The number of benzene rings is 1. The molecule has 0 saturated carbocycles. The molecule has 26 heavy (non-hydrogen) atoms. The number of hydrogen-bond acceptors (Lipinski definition) is 3. The van der Waals surface area contributed by atoms with Crippen LogP contribution in [0.1, 0.15) is 27.3 Å². The number of amides is 1. The first-order valence-electron chi connectivity index (χ1n) is 8.41. The predicted molar refractivity (Wildman–Crippen MR) is 101 cm³/mol. The number of carbonyl (C=O) groups is 1. The Kier molecular flexibility index (Phi) is 4.75. The second-order valence-electron chi connectivity index (χ2n) is 6.42. The average Bonchev–Trinajstić information content (AvgIpc) is 2.92. The summed E-state index contributed by atoms with van der Waals surface area (Å²) < 4.78 is 3.33. The molecule has 3 aromatic rings. The second-order valence-corrected chi connectivity index (χ2v) is 6.42. The van der Waals surface area contributed by atoms with Gasteiger partial charge in [-0.3, -0.25) is 9.59 Å². The van der Waals surface area contributed by atoms with Gasteiger partial charge in [0.15, 0.2) is 0 Å². The molecule has 0 atom stereocenters. The number of aryl methyl sites for hydroxylation is 2. The maximum absolute atomic E-state index is 12.7. The van der Waals surface area contributed by atoms with E-state index in [2.05, 4.69) is 5.10 Å². The van der Waals surface area contributed by atoms with E-state index in [0.717, 1.165) is 22.6 Å². The van der Waals surface area contributed by atoms with Crippen LogP contribution in [0.4, 0.5) is 0 Å². The van der Waals surface area contributed by atoms with Crippen LogP contribution in [0.2, 0.25) is 0 Å². The maximum atomic E-state index is 12.7. The zero-order valence-electron chi connectivity index (χ0n) is 15.4. The number of aromatic nitrogens is 3. The molecule has 2 heterocycles. The summed E-state index contributed by atoms with van der Waals surface area (Å²) in [5.74, 6) is -0.186. The van der Waals surface area contributed by atoms with Crippen molar-refractivity contribution < 1.29 is 4.79 Å². The van der Waals surface area contributed by atoms with Gasteiger partial charge >= 0.3 is 0 Å². The van der Waals surface area contributed by atoms with Crippen molar-refractivity contribution in [1.29, 1.82) is 0 Å². The summed E-state index contributed by atoms with van der Waals surface area (Å²) in [6.07, 6.45) is 1.60. The Morgan fingerprint density at radius 3 is 2.50 bits per heavy atom. The van der Waals surface area contributed by atoms with Crippen LogP contribution in [0.5, 0.6) is 0 Å². The first-order valence-corrected chi connectivity index (χ1v) is 8.41. The lowest BCUT2D eigenvalue weighted by Gasteiger charge is -2.18. The van der Waals surface area contributed by atoms with Crippen molar-refractivity contribution in [3.05, 3.63) is 81.5 Å². The van der Waals surface area contributed by atoms with Crippen molar-refractivity contribution in [3.63, 3.8) is 0 Å². The normalized spacial score (nSPS) is 10.8. The van der Waals surface area contributed by atoms with Gasteiger partial charge in [-0.05, 0) is 32.0 Å². The minimum atomic E-state index is -0.200. The molecule has 0 spiro atoms. The molecule has 0 saturated heterocycles. The van der Waals surface area contributed by atoms with Gasteiger partial charge in [0.25, 0.3) is 11.5 Å². The third-order valence-corrected chi connectivity index (χ3v) is 4.54. The second kappa shape index (κ2) is 7.00. The molecule has 0 aliphatic heterocycles. The molecule has 1 aromatic carbocycles. The maximum Gasteiger partial charge on any atom is 0.254 e. The van der Waals surface area contributed by atoms with Crippen LogP contribution in [0.3, 0.4) is 0 Å². The molecule has 2 aromatic heterocycles. The van der Waals surface area contributed by atoms with Crippen molar-refractivity contribution in [2.45, 2.75) is 20.4 Å². The quantitative estimate of drug-likeness (QED) is 0.726. The minimum absolute atomic E-state index is 0.186. The summed E-state index contributed by atoms with van der Waals surface area (Å²) in [4.78, 5) is 26.0. The number of carbonyl (C=O) groups excluding carboxylic acids is 1. The molecule has 6 heteroatoms. The van der Waals surface area contributed by atoms with Crippen molar-refractivity contribution in [3.8, 4) is 5.69 Å².